The van der Waals surface area contributed by atoms with Crippen molar-refractivity contribution < 1.29 is 9.47 Å². The average molecular weight is 281 g/mol. The van der Waals surface area contributed by atoms with Crippen molar-refractivity contribution in [3.8, 4) is 11.8 Å². The van der Waals surface area contributed by atoms with Gasteiger partial charge in [0.1, 0.15) is 5.69 Å². The van der Waals surface area contributed by atoms with Crippen LogP contribution in [0.4, 0.5) is 0 Å². The van der Waals surface area contributed by atoms with Gasteiger partial charge in [0.2, 0.25) is 11.8 Å². The van der Waals surface area contributed by atoms with Gasteiger partial charge < -0.3 is 15.2 Å². The molecule has 6 nitrogen and oxygen atoms in total. The lowest BCUT2D eigenvalue weighted by Crippen LogP contribution is -2.17. The van der Waals surface area contributed by atoms with Gasteiger partial charge in [0, 0.05) is 6.20 Å². The number of methoxy groups -OCH3 is 2. The van der Waals surface area contributed by atoms with Crippen LogP contribution in [0.2, 0.25) is 5.02 Å². The van der Waals surface area contributed by atoms with Gasteiger partial charge in [-0.25, -0.2) is 4.98 Å². The highest BCUT2D eigenvalue weighted by Gasteiger charge is 2.19. The molecule has 100 valence electrons. The van der Waals surface area contributed by atoms with Crippen molar-refractivity contribution in [2.24, 2.45) is 5.73 Å². The van der Waals surface area contributed by atoms with E-state index >= 15 is 0 Å². The highest BCUT2D eigenvalue weighted by atomic mass is 35.5. The Kier molecular flexibility index (Phi) is 4.13. The molecule has 2 aromatic rings. The number of aromatic nitrogens is 3. The Hall–Kier alpha value is -1.92. The van der Waals surface area contributed by atoms with E-state index in [1.165, 1.54) is 26.6 Å². The van der Waals surface area contributed by atoms with Gasteiger partial charge in [-0.1, -0.05) is 11.6 Å². The van der Waals surface area contributed by atoms with E-state index in [9.17, 15) is 0 Å². The number of hydrogen-bond acceptors (Lipinski definition) is 6. The molecule has 2 rings (SSSR count). The van der Waals surface area contributed by atoms with Crippen molar-refractivity contribution in [1.29, 1.82) is 0 Å². The minimum absolute atomic E-state index is 0.309. The average Bonchev–Trinajstić information content (AvgIpc) is 2.46. The molecule has 0 amide bonds. The lowest BCUT2D eigenvalue weighted by Gasteiger charge is -2.13. The fourth-order valence-corrected chi connectivity index (χ4v) is 1.65. The van der Waals surface area contributed by atoms with Crippen molar-refractivity contribution in [2.45, 2.75) is 6.04 Å². The first-order chi connectivity index (χ1) is 9.15. The van der Waals surface area contributed by atoms with Gasteiger partial charge in [-0.3, -0.25) is 4.98 Å². The van der Waals surface area contributed by atoms with Gasteiger partial charge in [-0.15, -0.1) is 0 Å². The molecule has 0 saturated heterocycles. The van der Waals surface area contributed by atoms with Crippen LogP contribution in [0.1, 0.15) is 17.4 Å². The Labute approximate surface area is 115 Å². The molecule has 0 saturated carbocycles. The van der Waals surface area contributed by atoms with Crippen LogP contribution in [-0.2, 0) is 0 Å². The number of nitrogens with two attached hydrogens (primary N) is 1. The second-order valence-electron chi connectivity index (χ2n) is 3.69. The largest absolute Gasteiger partial charge is 0.480 e. The highest BCUT2D eigenvalue weighted by molar-refractivity contribution is 6.30. The third kappa shape index (κ3) is 2.91. The predicted octanol–water partition coefficient (Wildman–Crippen LogP) is 1.59. The molecule has 0 aliphatic heterocycles. The Morgan fingerprint density at radius 1 is 1.16 bits per heavy atom. The predicted molar refractivity (Wildman–Crippen MR) is 70.4 cm³/mol. The molecule has 0 aliphatic rings. The second kappa shape index (κ2) is 5.81. The second-order valence-corrected chi connectivity index (χ2v) is 4.12. The first kappa shape index (κ1) is 13.5. The lowest BCUT2D eigenvalue weighted by atomic mass is 10.1. The molecule has 19 heavy (non-hydrogen) atoms. The summed E-state index contributed by atoms with van der Waals surface area (Å²) in [6.07, 6.45) is 3.01. The zero-order valence-electron chi connectivity index (χ0n) is 10.5. The van der Waals surface area contributed by atoms with Crippen LogP contribution in [0.5, 0.6) is 11.8 Å². The van der Waals surface area contributed by atoms with Crippen molar-refractivity contribution in [1.82, 2.24) is 15.0 Å². The van der Waals surface area contributed by atoms with Crippen molar-refractivity contribution in [3.05, 3.63) is 40.9 Å². The van der Waals surface area contributed by atoms with Crippen molar-refractivity contribution in [3.63, 3.8) is 0 Å². The van der Waals surface area contributed by atoms with E-state index in [-0.39, 0.29) is 0 Å². The summed E-state index contributed by atoms with van der Waals surface area (Å²) in [5.41, 5.74) is 7.22. The Morgan fingerprint density at radius 2 is 1.95 bits per heavy atom. The van der Waals surface area contributed by atoms with Crippen molar-refractivity contribution in [2.75, 3.05) is 14.2 Å². The van der Waals surface area contributed by atoms with Gasteiger partial charge in [-0.05, 0) is 12.1 Å². The molecule has 0 aromatic carbocycles. The van der Waals surface area contributed by atoms with Crippen LogP contribution in [0.25, 0.3) is 0 Å². The normalized spacial score (nSPS) is 12.0. The Morgan fingerprint density at radius 3 is 2.53 bits per heavy atom. The number of nitrogens with zero attached hydrogens (tertiary/aromatic N) is 3. The molecular weight excluding hydrogens is 268 g/mol. The fourth-order valence-electron chi connectivity index (χ4n) is 1.54. The van der Waals surface area contributed by atoms with E-state index in [2.05, 4.69) is 15.0 Å². The zero-order valence-corrected chi connectivity index (χ0v) is 11.3. The molecule has 1 unspecified atom stereocenters. The van der Waals surface area contributed by atoms with E-state index < -0.39 is 6.04 Å². The quantitative estimate of drug-likeness (QED) is 0.916. The SMILES string of the molecule is COc1cnc(C(N)c2ccc(Cl)cn2)c(OC)n1. The van der Waals surface area contributed by atoms with Crippen LogP contribution in [0, 0.1) is 0 Å². The van der Waals surface area contributed by atoms with Crippen LogP contribution in [0.3, 0.4) is 0 Å². The van der Waals surface area contributed by atoms with Gasteiger partial charge in [0.25, 0.3) is 0 Å². The minimum atomic E-state index is -0.550. The zero-order chi connectivity index (χ0) is 13.8. The van der Waals surface area contributed by atoms with Crippen LogP contribution < -0.4 is 15.2 Å². The fraction of sp³-hybridized carbons (Fsp3) is 0.250. The maximum absolute atomic E-state index is 6.11. The van der Waals surface area contributed by atoms with E-state index in [1.807, 2.05) is 0 Å². The molecule has 0 fully saturated rings. The summed E-state index contributed by atoms with van der Waals surface area (Å²) < 4.78 is 10.2. The molecule has 0 bridgehead atoms. The topological polar surface area (TPSA) is 83.2 Å². The smallest absolute Gasteiger partial charge is 0.240 e. The molecule has 0 radical (unpaired) electrons. The third-order valence-electron chi connectivity index (χ3n) is 2.51. The Balaban J connectivity index is 2.37. The number of hydrogen-bond donors (Lipinski definition) is 1. The number of rotatable bonds is 4. The van der Waals surface area contributed by atoms with E-state index in [0.29, 0.717) is 28.2 Å². The molecule has 0 aliphatic carbocycles. The molecule has 7 heteroatoms. The Bertz CT molecular complexity index is 562. The maximum atomic E-state index is 6.11. The molecule has 1 atom stereocenters. The molecule has 2 N–H and O–H groups in total. The molecule has 2 aromatic heterocycles. The monoisotopic (exact) mass is 280 g/mol. The summed E-state index contributed by atoms with van der Waals surface area (Å²) in [7, 11) is 3.00. The summed E-state index contributed by atoms with van der Waals surface area (Å²) in [5, 5.41) is 0.545. The molecule has 2 heterocycles. The van der Waals surface area contributed by atoms with Gasteiger partial charge >= 0.3 is 0 Å². The van der Waals surface area contributed by atoms with Gasteiger partial charge in [0.15, 0.2) is 0 Å². The summed E-state index contributed by atoms with van der Waals surface area (Å²) >= 11 is 5.79. The lowest BCUT2D eigenvalue weighted by molar-refractivity contribution is 0.355. The van der Waals surface area contributed by atoms with Gasteiger partial charge in [-0.2, -0.15) is 4.98 Å². The maximum Gasteiger partial charge on any atom is 0.240 e. The number of pyridine rings is 1. The first-order valence-electron chi connectivity index (χ1n) is 5.47. The highest BCUT2D eigenvalue weighted by Crippen LogP contribution is 2.25. The molecule has 0 spiro atoms. The van der Waals surface area contributed by atoms with E-state index in [1.54, 1.807) is 12.1 Å². The summed E-state index contributed by atoms with van der Waals surface area (Å²) in [4.78, 5) is 12.5. The van der Waals surface area contributed by atoms with Crippen molar-refractivity contribution >= 4 is 11.6 Å². The molecular formula is C12H13ClN4O2. The van der Waals surface area contributed by atoms with E-state index in [4.69, 9.17) is 26.8 Å². The third-order valence-corrected chi connectivity index (χ3v) is 2.73. The van der Waals surface area contributed by atoms with E-state index in [0.717, 1.165) is 0 Å². The first-order valence-corrected chi connectivity index (χ1v) is 5.85. The van der Waals surface area contributed by atoms with Gasteiger partial charge in [0.05, 0.1) is 37.2 Å². The summed E-state index contributed by atoms with van der Waals surface area (Å²) in [6.45, 7) is 0. The number of halogens is 1. The number of ether oxygens (including phenoxy) is 2. The minimum Gasteiger partial charge on any atom is -0.480 e. The van der Waals surface area contributed by atoms with Crippen LogP contribution in [0.15, 0.2) is 24.5 Å². The summed E-state index contributed by atoms with van der Waals surface area (Å²) in [6, 6.07) is 2.90. The standard InChI is InChI=1S/C12H13ClN4O2/c1-18-9-6-16-11(12(17-9)19-2)10(14)8-4-3-7(13)5-15-8/h3-6,10H,14H2,1-2H3. The van der Waals surface area contributed by atoms with Crippen LogP contribution >= 0.6 is 11.6 Å². The van der Waals surface area contributed by atoms with Crippen LogP contribution in [-0.4, -0.2) is 29.2 Å². The summed E-state index contributed by atoms with van der Waals surface area (Å²) in [5.74, 6) is 0.667.